The van der Waals surface area contributed by atoms with Gasteiger partial charge in [-0.15, -0.1) is 0 Å². The van der Waals surface area contributed by atoms with E-state index in [2.05, 4.69) is 21.8 Å². The molecule has 0 atom stereocenters. The second-order valence-electron chi connectivity index (χ2n) is 4.45. The quantitative estimate of drug-likeness (QED) is 0.851. The van der Waals surface area contributed by atoms with Gasteiger partial charge in [0.25, 0.3) is 0 Å². The van der Waals surface area contributed by atoms with Crippen LogP contribution in [-0.4, -0.2) is 21.9 Å². The average Bonchev–Trinajstić information content (AvgIpc) is 2.71. The maximum Gasteiger partial charge on any atom is 0.203 e. The van der Waals surface area contributed by atoms with Crippen LogP contribution in [0.2, 0.25) is 0 Å². The lowest BCUT2D eigenvalue weighted by atomic mass is 10.3. The second kappa shape index (κ2) is 5.67. The number of para-hydroxylation sites is 2. The zero-order valence-corrected chi connectivity index (χ0v) is 10.9. The van der Waals surface area contributed by atoms with E-state index in [1.165, 1.54) is 0 Å². The van der Waals surface area contributed by atoms with E-state index >= 15 is 0 Å². The van der Waals surface area contributed by atoms with Gasteiger partial charge in [0.1, 0.15) is 5.78 Å². The molecule has 1 aromatic heterocycles. The molecule has 0 fully saturated rings. The first kappa shape index (κ1) is 12.6. The van der Waals surface area contributed by atoms with Crippen molar-refractivity contribution in [2.24, 2.45) is 0 Å². The van der Waals surface area contributed by atoms with Crippen LogP contribution in [0.25, 0.3) is 11.0 Å². The molecule has 4 heteroatoms. The van der Waals surface area contributed by atoms with Crippen LogP contribution in [0, 0.1) is 0 Å². The topological polar surface area (TPSA) is 46.9 Å². The highest BCUT2D eigenvalue weighted by Crippen LogP contribution is 2.19. The highest BCUT2D eigenvalue weighted by molar-refractivity contribution is 5.79. The number of carbonyl (C=O) groups is 1. The van der Waals surface area contributed by atoms with Gasteiger partial charge < -0.3 is 9.88 Å². The number of anilines is 1. The van der Waals surface area contributed by atoms with Gasteiger partial charge in [0.2, 0.25) is 5.95 Å². The van der Waals surface area contributed by atoms with Crippen molar-refractivity contribution in [1.29, 1.82) is 0 Å². The summed E-state index contributed by atoms with van der Waals surface area (Å²) in [5, 5.41) is 3.32. The summed E-state index contributed by atoms with van der Waals surface area (Å²) in [7, 11) is 0. The fraction of sp³-hybridized carbons (Fsp3) is 0.429. The summed E-state index contributed by atoms with van der Waals surface area (Å²) in [6.45, 7) is 5.32. The lowest BCUT2D eigenvalue weighted by Crippen LogP contribution is -2.10. The van der Waals surface area contributed by atoms with Gasteiger partial charge in [0, 0.05) is 19.5 Å². The summed E-state index contributed by atoms with van der Waals surface area (Å²) in [4.78, 5) is 15.7. The Morgan fingerprint density at radius 1 is 1.39 bits per heavy atom. The van der Waals surface area contributed by atoms with Gasteiger partial charge >= 0.3 is 0 Å². The molecule has 0 bridgehead atoms. The van der Waals surface area contributed by atoms with Crippen molar-refractivity contribution in [2.75, 3.05) is 11.9 Å². The van der Waals surface area contributed by atoms with Crippen molar-refractivity contribution >= 4 is 22.8 Å². The Labute approximate surface area is 107 Å². The molecule has 0 aliphatic rings. The molecular formula is C14H19N3O. The monoisotopic (exact) mass is 245 g/mol. The molecule has 0 saturated heterocycles. The number of hydrogen-bond donors (Lipinski definition) is 1. The van der Waals surface area contributed by atoms with E-state index in [-0.39, 0.29) is 5.78 Å². The summed E-state index contributed by atoms with van der Waals surface area (Å²) in [6, 6.07) is 8.02. The molecule has 1 heterocycles. The third-order valence-electron chi connectivity index (χ3n) is 2.88. The molecule has 2 aromatic rings. The minimum atomic E-state index is 0.203. The van der Waals surface area contributed by atoms with Crippen LogP contribution in [0.4, 0.5) is 5.95 Å². The second-order valence-corrected chi connectivity index (χ2v) is 4.45. The van der Waals surface area contributed by atoms with Gasteiger partial charge in [-0.25, -0.2) is 4.98 Å². The summed E-state index contributed by atoms with van der Waals surface area (Å²) >= 11 is 0. The third-order valence-corrected chi connectivity index (χ3v) is 2.88. The lowest BCUT2D eigenvalue weighted by Gasteiger charge is -2.09. The summed E-state index contributed by atoms with van der Waals surface area (Å²) < 4.78 is 2.09. The van der Waals surface area contributed by atoms with Gasteiger partial charge in [-0.2, -0.15) is 0 Å². The Morgan fingerprint density at radius 2 is 2.17 bits per heavy atom. The molecule has 1 N–H and O–H groups in total. The van der Waals surface area contributed by atoms with Crippen molar-refractivity contribution in [3.63, 3.8) is 0 Å². The predicted octanol–water partition coefficient (Wildman–Crippen LogP) is 2.84. The number of nitrogens with zero attached hydrogens (tertiary/aromatic N) is 2. The van der Waals surface area contributed by atoms with E-state index in [0.29, 0.717) is 13.0 Å². The maximum atomic E-state index is 11.1. The average molecular weight is 245 g/mol. The minimum absolute atomic E-state index is 0.203. The van der Waals surface area contributed by atoms with Gasteiger partial charge in [-0.1, -0.05) is 19.1 Å². The molecule has 0 amide bonds. The van der Waals surface area contributed by atoms with Crippen molar-refractivity contribution in [3.05, 3.63) is 24.3 Å². The van der Waals surface area contributed by atoms with E-state index < -0.39 is 0 Å². The number of aryl methyl sites for hydroxylation is 1. The van der Waals surface area contributed by atoms with Crippen LogP contribution < -0.4 is 5.32 Å². The predicted molar refractivity (Wildman–Crippen MR) is 73.8 cm³/mol. The number of hydrogen-bond acceptors (Lipinski definition) is 3. The van der Waals surface area contributed by atoms with E-state index in [4.69, 9.17) is 0 Å². The van der Waals surface area contributed by atoms with E-state index in [9.17, 15) is 4.79 Å². The molecular weight excluding hydrogens is 226 g/mol. The van der Waals surface area contributed by atoms with Crippen molar-refractivity contribution in [2.45, 2.75) is 33.2 Å². The molecule has 18 heavy (non-hydrogen) atoms. The summed E-state index contributed by atoms with van der Waals surface area (Å²) in [5.41, 5.74) is 2.05. The zero-order chi connectivity index (χ0) is 13.0. The van der Waals surface area contributed by atoms with Gasteiger partial charge in [-0.3, -0.25) is 4.79 Å². The molecule has 4 nitrogen and oxygen atoms in total. The van der Waals surface area contributed by atoms with Crippen molar-refractivity contribution < 1.29 is 4.79 Å². The van der Waals surface area contributed by atoms with Crippen LogP contribution in [0.3, 0.4) is 0 Å². The largest absolute Gasteiger partial charge is 0.356 e. The molecule has 0 saturated carbocycles. The Morgan fingerprint density at radius 3 is 2.89 bits per heavy atom. The standard InChI is InChI=1S/C14H19N3O/c1-3-9-15-14-16-12-6-4-5-7-13(12)17(14)10-8-11(2)18/h4-7H,3,8-10H2,1-2H3,(H,15,16). The molecule has 0 aliphatic carbocycles. The first-order valence-electron chi connectivity index (χ1n) is 6.41. The number of ketones is 1. The molecule has 1 aromatic carbocycles. The normalized spacial score (nSPS) is 10.8. The fourth-order valence-corrected chi connectivity index (χ4v) is 1.94. The van der Waals surface area contributed by atoms with Crippen molar-refractivity contribution in [1.82, 2.24) is 9.55 Å². The number of imidazole rings is 1. The molecule has 0 spiro atoms. The Kier molecular flexibility index (Phi) is 3.97. The van der Waals surface area contributed by atoms with Crippen LogP contribution in [-0.2, 0) is 11.3 Å². The highest BCUT2D eigenvalue weighted by atomic mass is 16.1. The number of benzene rings is 1. The van der Waals surface area contributed by atoms with E-state index in [1.54, 1.807) is 6.92 Å². The van der Waals surface area contributed by atoms with Crippen LogP contribution in [0.1, 0.15) is 26.7 Å². The molecule has 0 radical (unpaired) electrons. The number of fused-ring (bicyclic) bond motifs is 1. The zero-order valence-electron chi connectivity index (χ0n) is 10.9. The van der Waals surface area contributed by atoms with Crippen molar-refractivity contribution in [3.8, 4) is 0 Å². The molecule has 96 valence electrons. The number of nitrogens with one attached hydrogen (secondary N) is 1. The lowest BCUT2D eigenvalue weighted by molar-refractivity contribution is -0.117. The maximum absolute atomic E-state index is 11.1. The first-order chi connectivity index (χ1) is 8.72. The number of carbonyl (C=O) groups excluding carboxylic acids is 1. The minimum Gasteiger partial charge on any atom is -0.356 e. The number of aromatic nitrogens is 2. The Hall–Kier alpha value is -1.84. The fourth-order valence-electron chi connectivity index (χ4n) is 1.94. The summed E-state index contributed by atoms with van der Waals surface area (Å²) in [5.74, 6) is 1.06. The van der Waals surface area contributed by atoms with E-state index in [0.717, 1.165) is 29.9 Å². The SMILES string of the molecule is CCCNc1nc2ccccc2n1CCC(C)=O. The molecule has 0 unspecified atom stereocenters. The van der Waals surface area contributed by atoms with Gasteiger partial charge in [-0.05, 0) is 25.5 Å². The number of rotatable bonds is 6. The summed E-state index contributed by atoms with van der Waals surface area (Å²) in [6.07, 6.45) is 1.59. The Bertz CT molecular complexity index is 545. The highest BCUT2D eigenvalue weighted by Gasteiger charge is 2.09. The first-order valence-corrected chi connectivity index (χ1v) is 6.41. The number of Topliss-reactive ketones (excluding diaryl/α,β-unsaturated/α-hetero) is 1. The van der Waals surface area contributed by atoms with Gasteiger partial charge in [0.15, 0.2) is 0 Å². The molecule has 2 rings (SSSR count). The van der Waals surface area contributed by atoms with Crippen LogP contribution in [0.5, 0.6) is 0 Å². The smallest absolute Gasteiger partial charge is 0.203 e. The molecule has 0 aliphatic heterocycles. The Balaban J connectivity index is 2.34. The van der Waals surface area contributed by atoms with Gasteiger partial charge in [0.05, 0.1) is 11.0 Å². The van der Waals surface area contributed by atoms with E-state index in [1.807, 2.05) is 24.3 Å². The van der Waals surface area contributed by atoms with Crippen LogP contribution in [0.15, 0.2) is 24.3 Å². The van der Waals surface area contributed by atoms with Crippen LogP contribution >= 0.6 is 0 Å². The third kappa shape index (κ3) is 2.70.